The molecule has 4 rings (SSSR count). The summed E-state index contributed by atoms with van der Waals surface area (Å²) >= 11 is 0. The number of anilines is 1. The van der Waals surface area contributed by atoms with Crippen molar-refractivity contribution in [3.05, 3.63) is 96.1 Å². The van der Waals surface area contributed by atoms with Gasteiger partial charge in [0.15, 0.2) is 5.82 Å². The van der Waals surface area contributed by atoms with Gasteiger partial charge >= 0.3 is 0 Å². The molecule has 0 radical (unpaired) electrons. The minimum atomic E-state index is -0.416. The highest BCUT2D eigenvalue weighted by Gasteiger charge is 2.19. The van der Waals surface area contributed by atoms with E-state index in [4.69, 9.17) is 0 Å². The van der Waals surface area contributed by atoms with E-state index in [-0.39, 0.29) is 11.6 Å². The second kappa shape index (κ2) is 7.44. The predicted octanol–water partition coefficient (Wildman–Crippen LogP) is 4.63. The molecular weight excluding hydrogens is 355 g/mol. The van der Waals surface area contributed by atoms with E-state index in [9.17, 15) is 9.18 Å². The number of benzene rings is 3. The van der Waals surface area contributed by atoms with Gasteiger partial charge in [-0.2, -0.15) is 0 Å². The molecule has 138 valence electrons. The standard InChI is InChI=1S/C22H17FN4O/c1-15-7-9-16(10-8-15)21-25-20(22(28)24-18-5-3-2-4-6-18)26-27(21)19-13-11-17(23)12-14-19/h2-14H,1H3,(H,24,28). The number of aromatic nitrogens is 3. The van der Waals surface area contributed by atoms with Crippen LogP contribution in [-0.4, -0.2) is 20.7 Å². The number of halogens is 1. The first kappa shape index (κ1) is 17.6. The molecule has 0 saturated heterocycles. The second-order valence-corrected chi connectivity index (χ2v) is 6.33. The van der Waals surface area contributed by atoms with Gasteiger partial charge in [0.25, 0.3) is 5.91 Å². The first-order chi connectivity index (χ1) is 13.6. The largest absolute Gasteiger partial charge is 0.319 e. The van der Waals surface area contributed by atoms with Crippen LogP contribution in [0.1, 0.15) is 16.2 Å². The molecule has 0 fully saturated rings. The van der Waals surface area contributed by atoms with Crippen LogP contribution in [0.15, 0.2) is 78.9 Å². The van der Waals surface area contributed by atoms with Gasteiger partial charge in [-0.3, -0.25) is 4.79 Å². The van der Waals surface area contributed by atoms with E-state index in [1.54, 1.807) is 28.9 Å². The maximum atomic E-state index is 13.3. The van der Waals surface area contributed by atoms with Crippen LogP contribution in [0.3, 0.4) is 0 Å². The van der Waals surface area contributed by atoms with Gasteiger partial charge in [-0.25, -0.2) is 14.1 Å². The van der Waals surface area contributed by atoms with Crippen molar-refractivity contribution < 1.29 is 9.18 Å². The van der Waals surface area contributed by atoms with E-state index < -0.39 is 5.91 Å². The van der Waals surface area contributed by atoms with Crippen molar-refractivity contribution in [2.45, 2.75) is 6.92 Å². The average molecular weight is 372 g/mol. The first-order valence-electron chi connectivity index (χ1n) is 8.76. The first-order valence-corrected chi connectivity index (χ1v) is 8.76. The lowest BCUT2D eigenvalue weighted by molar-refractivity contribution is 0.101. The number of carbonyl (C=O) groups is 1. The molecule has 6 heteroatoms. The summed E-state index contributed by atoms with van der Waals surface area (Å²) in [4.78, 5) is 17.1. The fraction of sp³-hybridized carbons (Fsp3) is 0.0455. The summed E-state index contributed by atoms with van der Waals surface area (Å²) in [7, 11) is 0. The molecule has 0 atom stereocenters. The summed E-state index contributed by atoms with van der Waals surface area (Å²) in [5.74, 6) is -0.225. The predicted molar refractivity (Wildman–Crippen MR) is 106 cm³/mol. The van der Waals surface area contributed by atoms with Crippen LogP contribution in [0.5, 0.6) is 0 Å². The third kappa shape index (κ3) is 3.66. The van der Waals surface area contributed by atoms with Crippen LogP contribution in [-0.2, 0) is 0 Å². The number of nitrogens with zero attached hydrogens (tertiary/aromatic N) is 3. The molecule has 1 heterocycles. The van der Waals surface area contributed by atoms with Crippen molar-refractivity contribution in [2.24, 2.45) is 0 Å². The van der Waals surface area contributed by atoms with E-state index in [0.717, 1.165) is 11.1 Å². The zero-order valence-corrected chi connectivity index (χ0v) is 15.1. The molecule has 0 bridgehead atoms. The van der Waals surface area contributed by atoms with Gasteiger partial charge in [-0.15, -0.1) is 5.10 Å². The fourth-order valence-corrected chi connectivity index (χ4v) is 2.77. The Balaban J connectivity index is 1.76. The smallest absolute Gasteiger partial charge is 0.295 e. The Hall–Kier alpha value is -3.80. The van der Waals surface area contributed by atoms with Crippen LogP contribution in [0.25, 0.3) is 17.1 Å². The van der Waals surface area contributed by atoms with Gasteiger partial charge in [0.2, 0.25) is 5.82 Å². The number of carbonyl (C=O) groups excluding carboxylic acids is 1. The maximum absolute atomic E-state index is 13.3. The van der Waals surface area contributed by atoms with Crippen molar-refractivity contribution in [3.8, 4) is 17.1 Å². The van der Waals surface area contributed by atoms with Crippen molar-refractivity contribution in [1.29, 1.82) is 0 Å². The topological polar surface area (TPSA) is 59.8 Å². The van der Waals surface area contributed by atoms with Gasteiger partial charge in [0.05, 0.1) is 5.69 Å². The number of rotatable bonds is 4. The van der Waals surface area contributed by atoms with Gasteiger partial charge in [0, 0.05) is 11.3 Å². The molecule has 1 aromatic heterocycles. The average Bonchev–Trinajstić information content (AvgIpc) is 3.15. The van der Waals surface area contributed by atoms with Crippen molar-refractivity contribution >= 4 is 11.6 Å². The van der Waals surface area contributed by atoms with E-state index in [1.807, 2.05) is 49.4 Å². The summed E-state index contributed by atoms with van der Waals surface area (Å²) in [6, 6.07) is 22.7. The third-order valence-electron chi connectivity index (χ3n) is 4.22. The molecule has 0 aliphatic heterocycles. The van der Waals surface area contributed by atoms with Crippen molar-refractivity contribution in [2.75, 3.05) is 5.32 Å². The summed E-state index contributed by atoms with van der Waals surface area (Å²) in [5.41, 5.74) is 3.19. The van der Waals surface area contributed by atoms with E-state index in [2.05, 4.69) is 15.4 Å². The summed E-state index contributed by atoms with van der Waals surface area (Å²) in [5, 5.41) is 7.16. The Morgan fingerprint density at radius 1 is 0.929 bits per heavy atom. The van der Waals surface area contributed by atoms with Gasteiger partial charge < -0.3 is 5.32 Å². The Morgan fingerprint density at radius 2 is 1.61 bits per heavy atom. The van der Waals surface area contributed by atoms with Gasteiger partial charge in [-0.05, 0) is 43.3 Å². The summed E-state index contributed by atoms with van der Waals surface area (Å²) in [6.07, 6.45) is 0. The number of nitrogens with one attached hydrogen (secondary N) is 1. The molecule has 3 aromatic carbocycles. The summed E-state index contributed by atoms with van der Waals surface area (Å²) < 4.78 is 14.9. The molecule has 0 saturated carbocycles. The maximum Gasteiger partial charge on any atom is 0.295 e. The number of hydrogen-bond donors (Lipinski definition) is 1. The Bertz CT molecular complexity index is 1040. The summed E-state index contributed by atoms with van der Waals surface area (Å²) in [6.45, 7) is 1.99. The second-order valence-electron chi connectivity index (χ2n) is 6.33. The minimum absolute atomic E-state index is 0.0313. The molecule has 0 aliphatic rings. The van der Waals surface area contributed by atoms with Crippen LogP contribution in [0.2, 0.25) is 0 Å². The fourth-order valence-electron chi connectivity index (χ4n) is 2.77. The normalized spacial score (nSPS) is 10.6. The Kier molecular flexibility index (Phi) is 4.68. The van der Waals surface area contributed by atoms with Crippen molar-refractivity contribution in [3.63, 3.8) is 0 Å². The molecule has 1 amide bonds. The van der Waals surface area contributed by atoms with Crippen LogP contribution >= 0.6 is 0 Å². The lowest BCUT2D eigenvalue weighted by Crippen LogP contribution is -2.14. The highest BCUT2D eigenvalue weighted by atomic mass is 19.1. The number of amides is 1. The highest BCUT2D eigenvalue weighted by Crippen LogP contribution is 2.22. The molecular formula is C22H17FN4O. The molecule has 1 N–H and O–H groups in total. The van der Waals surface area contributed by atoms with E-state index in [1.165, 1.54) is 12.1 Å². The number of aryl methyl sites for hydroxylation is 1. The van der Waals surface area contributed by atoms with Crippen molar-refractivity contribution in [1.82, 2.24) is 14.8 Å². The van der Waals surface area contributed by atoms with Gasteiger partial charge in [0.1, 0.15) is 5.82 Å². The molecule has 28 heavy (non-hydrogen) atoms. The lowest BCUT2D eigenvalue weighted by Gasteiger charge is -2.06. The molecule has 0 unspecified atom stereocenters. The van der Waals surface area contributed by atoms with Gasteiger partial charge in [-0.1, -0.05) is 48.0 Å². The molecule has 4 aromatic rings. The quantitative estimate of drug-likeness (QED) is 0.568. The van der Waals surface area contributed by atoms with Crippen LogP contribution in [0, 0.1) is 12.7 Å². The minimum Gasteiger partial charge on any atom is -0.319 e. The zero-order chi connectivity index (χ0) is 19.5. The Morgan fingerprint density at radius 3 is 2.29 bits per heavy atom. The monoisotopic (exact) mass is 372 g/mol. The highest BCUT2D eigenvalue weighted by molar-refractivity contribution is 6.01. The van der Waals surface area contributed by atoms with E-state index >= 15 is 0 Å². The Labute approximate surface area is 161 Å². The molecule has 0 aliphatic carbocycles. The lowest BCUT2D eigenvalue weighted by atomic mass is 10.1. The third-order valence-corrected chi connectivity index (χ3v) is 4.22. The van der Waals surface area contributed by atoms with Crippen LogP contribution < -0.4 is 5.32 Å². The molecule has 0 spiro atoms. The SMILES string of the molecule is Cc1ccc(-c2nc(C(=O)Nc3ccccc3)nn2-c2ccc(F)cc2)cc1. The van der Waals surface area contributed by atoms with E-state index in [0.29, 0.717) is 17.2 Å². The van der Waals surface area contributed by atoms with Crippen LogP contribution in [0.4, 0.5) is 10.1 Å². The molecule has 5 nitrogen and oxygen atoms in total. The zero-order valence-electron chi connectivity index (χ0n) is 15.1. The number of hydrogen-bond acceptors (Lipinski definition) is 3. The number of para-hydroxylation sites is 1.